The fourth-order valence-electron chi connectivity index (χ4n) is 6.31. The van der Waals surface area contributed by atoms with Gasteiger partial charge in [0.05, 0.1) is 33.0 Å². The third kappa shape index (κ3) is 10.0. The number of aliphatic hydroxyl groups excluding tert-OH is 8. The van der Waals surface area contributed by atoms with Crippen LogP contribution in [0.5, 0.6) is 23.0 Å². The summed E-state index contributed by atoms with van der Waals surface area (Å²) >= 11 is 0. The van der Waals surface area contributed by atoms with Crippen LogP contribution in [0.1, 0.15) is 18.1 Å². The van der Waals surface area contributed by atoms with Crippen LogP contribution in [-0.4, -0.2) is 181 Å². The molecule has 312 valence electrons. The molecule has 0 aliphatic carbocycles. The molecule has 15 atom stereocenters. The first-order valence-electron chi connectivity index (χ1n) is 17.6. The summed E-state index contributed by atoms with van der Waals surface area (Å²) in [5.74, 6) is -1.84. The minimum Gasteiger partial charge on any atom is -0.504 e. The van der Waals surface area contributed by atoms with Gasteiger partial charge in [0, 0.05) is 6.08 Å². The highest BCUT2D eigenvalue weighted by Crippen LogP contribution is 2.33. The number of esters is 1. The number of hydrogen-bond donors (Lipinski definition) is 11. The lowest BCUT2D eigenvalue weighted by atomic mass is 9.96. The number of benzene rings is 2. The molecule has 11 N–H and O–H groups in total. The number of ether oxygens (including phenoxy) is 8. The molecular formula is C36H48O20. The van der Waals surface area contributed by atoms with E-state index in [2.05, 4.69) is 0 Å². The number of methoxy groups -OCH3 is 1. The molecule has 15 unspecified atom stereocenters. The second kappa shape index (κ2) is 19.2. The highest BCUT2D eigenvalue weighted by atomic mass is 16.8. The molecular weight excluding hydrogens is 752 g/mol. The number of hydrogen-bond acceptors (Lipinski definition) is 20. The molecule has 56 heavy (non-hydrogen) atoms. The van der Waals surface area contributed by atoms with Gasteiger partial charge in [0.15, 0.2) is 48.0 Å². The summed E-state index contributed by atoms with van der Waals surface area (Å²) in [5, 5.41) is 114. The van der Waals surface area contributed by atoms with Gasteiger partial charge in [-0.15, -0.1) is 0 Å². The fourth-order valence-corrected chi connectivity index (χ4v) is 6.31. The van der Waals surface area contributed by atoms with E-state index in [0.29, 0.717) is 5.56 Å². The van der Waals surface area contributed by atoms with E-state index in [9.17, 15) is 61.0 Å². The molecule has 3 aliphatic rings. The molecule has 3 saturated heterocycles. The summed E-state index contributed by atoms with van der Waals surface area (Å²) in [6.07, 6.45) is -22.3. The zero-order valence-electron chi connectivity index (χ0n) is 30.2. The minimum absolute atomic E-state index is 0.133. The average Bonchev–Trinajstić information content (AvgIpc) is 3.17. The summed E-state index contributed by atoms with van der Waals surface area (Å²) in [5.41, 5.74) is 0.871. The molecule has 0 radical (unpaired) electrons. The van der Waals surface area contributed by atoms with E-state index in [4.69, 9.17) is 37.9 Å². The zero-order valence-corrected chi connectivity index (χ0v) is 30.2. The predicted octanol–water partition coefficient (Wildman–Crippen LogP) is -2.89. The third-order valence-corrected chi connectivity index (χ3v) is 9.57. The van der Waals surface area contributed by atoms with Crippen molar-refractivity contribution in [3.8, 4) is 23.0 Å². The first-order chi connectivity index (χ1) is 26.6. The molecule has 3 heterocycles. The Balaban J connectivity index is 1.43. The highest BCUT2D eigenvalue weighted by molar-refractivity contribution is 5.87. The highest BCUT2D eigenvalue weighted by Gasteiger charge is 2.53. The Hall–Kier alpha value is -3.71. The standard InChI is InChI=1S/C36H48O20/c1-15-25(42)27(44)30(47)36(52-15)56-33-31(48)35(50-10-9-17-4-7-21(49-2)20(40)12-17)54-23(14-51-34-29(46)28(45)26(43)22(13-37)53-34)32(33)55-24(41)8-5-16-3-6-18(38)19(39)11-16/h3-8,11-12,15,22-23,25-40,42-48H,9-10,13-14H2,1-2H3. The molecule has 3 aliphatic heterocycles. The summed E-state index contributed by atoms with van der Waals surface area (Å²) in [7, 11) is 1.39. The summed E-state index contributed by atoms with van der Waals surface area (Å²) in [6.45, 7) is -0.179. The number of aliphatic hydroxyl groups is 8. The van der Waals surface area contributed by atoms with Crippen LogP contribution in [0.25, 0.3) is 6.08 Å². The fraction of sp³-hybridized carbons (Fsp3) is 0.583. The second-order valence-corrected chi connectivity index (χ2v) is 13.5. The summed E-state index contributed by atoms with van der Waals surface area (Å²) in [4.78, 5) is 13.3. The number of rotatable bonds is 14. The maximum absolute atomic E-state index is 13.3. The van der Waals surface area contributed by atoms with Crippen molar-refractivity contribution in [2.24, 2.45) is 0 Å². The number of carbonyl (C=O) groups excluding carboxylic acids is 1. The van der Waals surface area contributed by atoms with E-state index in [0.717, 1.165) is 12.1 Å². The molecule has 0 bridgehead atoms. The van der Waals surface area contributed by atoms with Gasteiger partial charge in [-0.3, -0.25) is 0 Å². The summed E-state index contributed by atoms with van der Waals surface area (Å²) < 4.78 is 45.5. The zero-order chi connectivity index (χ0) is 40.8. The van der Waals surface area contributed by atoms with Gasteiger partial charge >= 0.3 is 5.97 Å². The lowest BCUT2D eigenvalue weighted by Crippen LogP contribution is -2.65. The largest absolute Gasteiger partial charge is 0.504 e. The van der Waals surface area contributed by atoms with Crippen LogP contribution in [0.15, 0.2) is 42.5 Å². The molecule has 2 aromatic rings. The van der Waals surface area contributed by atoms with Crippen molar-refractivity contribution in [3.63, 3.8) is 0 Å². The molecule has 0 amide bonds. The topological polar surface area (TPSA) is 313 Å². The quantitative estimate of drug-likeness (QED) is 0.0519. The third-order valence-electron chi connectivity index (χ3n) is 9.57. The van der Waals surface area contributed by atoms with E-state index < -0.39 is 123 Å². The number of carbonyl (C=O) groups is 1. The van der Waals surface area contributed by atoms with E-state index in [1.807, 2.05) is 0 Å². The molecule has 20 heteroatoms. The lowest BCUT2D eigenvalue weighted by molar-refractivity contribution is -0.364. The molecule has 5 rings (SSSR count). The van der Waals surface area contributed by atoms with Crippen LogP contribution in [0.2, 0.25) is 0 Å². The molecule has 0 aromatic heterocycles. The Kier molecular flexibility index (Phi) is 14.9. The molecule has 0 spiro atoms. The first kappa shape index (κ1) is 43.4. The van der Waals surface area contributed by atoms with Gasteiger partial charge in [0.2, 0.25) is 0 Å². The van der Waals surface area contributed by atoms with Gasteiger partial charge in [0.1, 0.15) is 61.0 Å². The van der Waals surface area contributed by atoms with E-state index in [1.165, 1.54) is 44.4 Å². The molecule has 20 nitrogen and oxygen atoms in total. The minimum atomic E-state index is -1.87. The molecule has 2 aromatic carbocycles. The van der Waals surface area contributed by atoms with Crippen LogP contribution in [-0.2, 0) is 44.4 Å². The van der Waals surface area contributed by atoms with E-state index in [-0.39, 0.29) is 30.1 Å². The number of phenolic OH excluding ortho intramolecular Hbond substituents is 3. The van der Waals surface area contributed by atoms with Gasteiger partial charge < -0.3 is 94.1 Å². The van der Waals surface area contributed by atoms with Crippen molar-refractivity contribution in [2.75, 3.05) is 26.9 Å². The number of aromatic hydroxyl groups is 3. The monoisotopic (exact) mass is 800 g/mol. The van der Waals surface area contributed by atoms with E-state index in [1.54, 1.807) is 6.07 Å². The van der Waals surface area contributed by atoms with Crippen LogP contribution >= 0.6 is 0 Å². The van der Waals surface area contributed by atoms with Crippen molar-refractivity contribution in [3.05, 3.63) is 53.6 Å². The Morgan fingerprint density at radius 2 is 1.39 bits per heavy atom. The molecule has 3 fully saturated rings. The average molecular weight is 801 g/mol. The maximum Gasteiger partial charge on any atom is 0.331 e. The Bertz CT molecular complexity index is 1620. The van der Waals surface area contributed by atoms with Crippen molar-refractivity contribution in [1.29, 1.82) is 0 Å². The smallest absolute Gasteiger partial charge is 0.331 e. The van der Waals surface area contributed by atoms with Gasteiger partial charge in [0.25, 0.3) is 0 Å². The second-order valence-electron chi connectivity index (χ2n) is 13.5. The van der Waals surface area contributed by atoms with Gasteiger partial charge in [-0.2, -0.15) is 0 Å². The predicted molar refractivity (Wildman–Crippen MR) is 185 cm³/mol. The van der Waals surface area contributed by atoms with E-state index >= 15 is 0 Å². The molecule has 0 saturated carbocycles. The van der Waals surface area contributed by atoms with Crippen LogP contribution in [0, 0.1) is 0 Å². The van der Waals surface area contributed by atoms with Gasteiger partial charge in [-0.05, 0) is 54.8 Å². The maximum atomic E-state index is 13.3. The van der Waals surface area contributed by atoms with Crippen LogP contribution < -0.4 is 4.74 Å². The Morgan fingerprint density at radius 1 is 0.714 bits per heavy atom. The van der Waals surface area contributed by atoms with Crippen molar-refractivity contribution < 1.29 is 98.9 Å². The normalized spacial score (nSPS) is 36.4. The van der Waals surface area contributed by atoms with Gasteiger partial charge in [-0.1, -0.05) is 12.1 Å². The van der Waals surface area contributed by atoms with Gasteiger partial charge in [-0.25, -0.2) is 4.79 Å². The first-order valence-corrected chi connectivity index (χ1v) is 17.6. The Labute approximate surface area is 319 Å². The Morgan fingerprint density at radius 3 is 2.07 bits per heavy atom. The van der Waals surface area contributed by atoms with Crippen LogP contribution in [0.4, 0.5) is 0 Å². The lowest BCUT2D eigenvalue weighted by Gasteiger charge is -2.47. The number of phenols is 3. The van der Waals surface area contributed by atoms with Crippen molar-refractivity contribution in [2.45, 2.75) is 105 Å². The van der Waals surface area contributed by atoms with Crippen LogP contribution in [0.3, 0.4) is 0 Å². The van der Waals surface area contributed by atoms with Crippen molar-refractivity contribution >= 4 is 12.0 Å². The summed E-state index contributed by atoms with van der Waals surface area (Å²) in [6, 6.07) is 8.36. The van der Waals surface area contributed by atoms with Crippen molar-refractivity contribution in [1.82, 2.24) is 0 Å². The SMILES string of the molecule is COc1ccc(CCOC2OC(COC3OC(CO)C(O)C(O)C3O)C(OC(=O)C=Cc3ccc(O)c(O)c3)C(OC3OC(C)C(O)C(O)C3O)C2O)cc1O.